The van der Waals surface area contributed by atoms with Crippen LogP contribution in [0.5, 0.6) is 5.75 Å². The summed E-state index contributed by atoms with van der Waals surface area (Å²) in [5, 5.41) is 7.40. The molecule has 0 bridgehead atoms. The molecule has 0 aliphatic rings. The summed E-state index contributed by atoms with van der Waals surface area (Å²) in [5.41, 5.74) is 0.534. The van der Waals surface area contributed by atoms with Crippen molar-refractivity contribution < 1.29 is 9.13 Å². The van der Waals surface area contributed by atoms with Gasteiger partial charge in [0.2, 0.25) is 0 Å². The van der Waals surface area contributed by atoms with Crippen LogP contribution in [0.4, 0.5) is 4.39 Å². The fraction of sp³-hybridized carbons (Fsp3) is 0.429. The van der Waals surface area contributed by atoms with E-state index in [4.69, 9.17) is 4.74 Å². The molecule has 6 heteroatoms. The van der Waals surface area contributed by atoms with Gasteiger partial charge in [0, 0.05) is 5.56 Å². The first-order chi connectivity index (χ1) is 9.76. The van der Waals surface area contributed by atoms with Crippen molar-refractivity contribution in [2.75, 3.05) is 13.7 Å². The first kappa shape index (κ1) is 14.5. The molecule has 5 nitrogen and oxygen atoms in total. The predicted octanol–water partition coefficient (Wildman–Crippen LogP) is 1.97. The molecule has 2 aromatic rings. The molecule has 0 aliphatic carbocycles. The fourth-order valence-electron chi connectivity index (χ4n) is 1.93. The molecule has 1 N–H and O–H groups in total. The second-order valence-electron chi connectivity index (χ2n) is 4.44. The minimum atomic E-state index is -0.349. The minimum absolute atomic E-state index is 0.244. The van der Waals surface area contributed by atoms with E-state index in [0.717, 1.165) is 18.8 Å². The summed E-state index contributed by atoms with van der Waals surface area (Å²) in [5.74, 6) is 0.687. The summed E-state index contributed by atoms with van der Waals surface area (Å²) >= 11 is 0. The van der Waals surface area contributed by atoms with Crippen LogP contribution in [-0.4, -0.2) is 28.4 Å². The Balaban J connectivity index is 2.12. The minimum Gasteiger partial charge on any atom is -0.494 e. The third-order valence-corrected chi connectivity index (χ3v) is 2.99. The summed E-state index contributed by atoms with van der Waals surface area (Å²) in [7, 11) is 1.46. The van der Waals surface area contributed by atoms with E-state index in [1.807, 2.05) is 0 Å². The number of halogens is 1. The van der Waals surface area contributed by atoms with E-state index >= 15 is 0 Å². The molecule has 20 heavy (non-hydrogen) atoms. The molecule has 0 radical (unpaired) electrons. The van der Waals surface area contributed by atoms with E-state index in [1.54, 1.807) is 22.9 Å². The Bertz CT molecular complexity index is 556. The second-order valence-corrected chi connectivity index (χ2v) is 4.44. The lowest BCUT2D eigenvalue weighted by molar-refractivity contribution is 0.383. The molecule has 1 aromatic carbocycles. The maximum atomic E-state index is 14.1. The largest absolute Gasteiger partial charge is 0.494 e. The standard InChI is InChI=1S/C14H19FN4O/c1-3-7-16-8-13-17-10-18-19(13)9-11-5-4-6-12(20-2)14(11)15/h4-6,10,16H,3,7-9H2,1-2H3. The number of ether oxygens (including phenoxy) is 1. The summed E-state index contributed by atoms with van der Waals surface area (Å²) in [4.78, 5) is 4.19. The third kappa shape index (κ3) is 3.33. The Morgan fingerprint density at radius 2 is 2.25 bits per heavy atom. The van der Waals surface area contributed by atoms with Crippen LogP contribution in [0, 0.1) is 5.82 Å². The van der Waals surface area contributed by atoms with Crippen molar-refractivity contribution in [1.29, 1.82) is 0 Å². The number of hydrogen-bond acceptors (Lipinski definition) is 4. The highest BCUT2D eigenvalue weighted by Gasteiger charge is 2.11. The van der Waals surface area contributed by atoms with Crippen molar-refractivity contribution in [3.05, 3.63) is 41.7 Å². The number of rotatable bonds is 7. The molecule has 0 unspecified atom stereocenters. The van der Waals surface area contributed by atoms with Gasteiger partial charge in [0.05, 0.1) is 20.2 Å². The molecule has 0 aliphatic heterocycles. The van der Waals surface area contributed by atoms with Crippen LogP contribution in [0.15, 0.2) is 24.5 Å². The van der Waals surface area contributed by atoms with Crippen LogP contribution in [0.1, 0.15) is 24.7 Å². The molecule has 0 amide bonds. The molecule has 0 saturated heterocycles. The van der Waals surface area contributed by atoms with Crippen molar-refractivity contribution in [1.82, 2.24) is 20.1 Å². The molecular formula is C14H19FN4O. The van der Waals surface area contributed by atoms with Gasteiger partial charge in [0.15, 0.2) is 11.6 Å². The second kappa shape index (κ2) is 7.00. The van der Waals surface area contributed by atoms with E-state index in [1.165, 1.54) is 13.4 Å². The molecule has 0 saturated carbocycles. The summed E-state index contributed by atoms with van der Waals surface area (Å²) in [6.07, 6.45) is 2.54. The van der Waals surface area contributed by atoms with Gasteiger partial charge in [-0.05, 0) is 19.0 Å². The van der Waals surface area contributed by atoms with Crippen LogP contribution >= 0.6 is 0 Å². The van der Waals surface area contributed by atoms with Crippen molar-refractivity contribution in [3.8, 4) is 5.75 Å². The lowest BCUT2D eigenvalue weighted by atomic mass is 10.2. The molecule has 0 spiro atoms. The van der Waals surface area contributed by atoms with Gasteiger partial charge in [-0.1, -0.05) is 19.1 Å². The Labute approximate surface area is 117 Å². The molecule has 1 heterocycles. The van der Waals surface area contributed by atoms with Crippen molar-refractivity contribution >= 4 is 0 Å². The van der Waals surface area contributed by atoms with Crippen LogP contribution in [0.2, 0.25) is 0 Å². The zero-order chi connectivity index (χ0) is 14.4. The van der Waals surface area contributed by atoms with E-state index in [2.05, 4.69) is 22.3 Å². The zero-order valence-electron chi connectivity index (χ0n) is 11.8. The third-order valence-electron chi connectivity index (χ3n) is 2.99. The molecule has 1 aromatic heterocycles. The first-order valence-corrected chi connectivity index (χ1v) is 6.65. The van der Waals surface area contributed by atoms with E-state index < -0.39 is 0 Å². The van der Waals surface area contributed by atoms with Crippen LogP contribution in [0.25, 0.3) is 0 Å². The molecule has 0 atom stereocenters. The normalized spacial score (nSPS) is 10.8. The van der Waals surface area contributed by atoms with E-state index in [9.17, 15) is 4.39 Å². The van der Waals surface area contributed by atoms with Crippen molar-refractivity contribution in [3.63, 3.8) is 0 Å². The van der Waals surface area contributed by atoms with Crippen molar-refractivity contribution in [2.45, 2.75) is 26.4 Å². The first-order valence-electron chi connectivity index (χ1n) is 6.65. The van der Waals surface area contributed by atoms with Gasteiger partial charge >= 0.3 is 0 Å². The molecular weight excluding hydrogens is 259 g/mol. The van der Waals surface area contributed by atoms with Gasteiger partial charge in [-0.3, -0.25) is 0 Å². The highest BCUT2D eigenvalue weighted by Crippen LogP contribution is 2.20. The molecule has 2 rings (SSSR count). The van der Waals surface area contributed by atoms with Gasteiger partial charge in [-0.25, -0.2) is 14.1 Å². The molecule has 108 valence electrons. The number of aromatic nitrogens is 3. The lowest BCUT2D eigenvalue weighted by Gasteiger charge is -2.09. The predicted molar refractivity (Wildman–Crippen MR) is 74.1 cm³/mol. The van der Waals surface area contributed by atoms with Gasteiger partial charge in [-0.2, -0.15) is 5.10 Å². The Morgan fingerprint density at radius 3 is 3.00 bits per heavy atom. The number of nitrogens with one attached hydrogen (secondary N) is 1. The van der Waals surface area contributed by atoms with Gasteiger partial charge in [0.1, 0.15) is 12.2 Å². The Morgan fingerprint density at radius 1 is 1.40 bits per heavy atom. The maximum absolute atomic E-state index is 14.1. The van der Waals surface area contributed by atoms with Crippen LogP contribution in [-0.2, 0) is 13.1 Å². The maximum Gasteiger partial charge on any atom is 0.170 e. The van der Waals surface area contributed by atoms with Gasteiger partial charge in [-0.15, -0.1) is 0 Å². The SMILES string of the molecule is CCCNCc1ncnn1Cc1cccc(OC)c1F. The Hall–Kier alpha value is -1.95. The number of nitrogens with zero attached hydrogens (tertiary/aromatic N) is 3. The lowest BCUT2D eigenvalue weighted by Crippen LogP contribution is -2.19. The highest BCUT2D eigenvalue weighted by atomic mass is 19.1. The number of methoxy groups -OCH3 is 1. The summed E-state index contributed by atoms with van der Waals surface area (Å²) in [6.45, 7) is 3.98. The summed E-state index contributed by atoms with van der Waals surface area (Å²) in [6, 6.07) is 5.09. The average Bonchev–Trinajstić information content (AvgIpc) is 2.89. The van der Waals surface area contributed by atoms with E-state index in [0.29, 0.717) is 18.7 Å². The quantitative estimate of drug-likeness (QED) is 0.787. The van der Waals surface area contributed by atoms with Crippen LogP contribution < -0.4 is 10.1 Å². The highest BCUT2D eigenvalue weighted by molar-refractivity contribution is 5.31. The average molecular weight is 278 g/mol. The molecule has 0 fully saturated rings. The number of hydrogen-bond donors (Lipinski definition) is 1. The fourth-order valence-corrected chi connectivity index (χ4v) is 1.93. The topological polar surface area (TPSA) is 52.0 Å². The number of benzene rings is 1. The van der Waals surface area contributed by atoms with E-state index in [-0.39, 0.29) is 11.6 Å². The van der Waals surface area contributed by atoms with Gasteiger partial charge < -0.3 is 10.1 Å². The summed E-state index contributed by atoms with van der Waals surface area (Å²) < 4.78 is 20.8. The monoisotopic (exact) mass is 278 g/mol. The van der Waals surface area contributed by atoms with Gasteiger partial charge in [0.25, 0.3) is 0 Å². The smallest absolute Gasteiger partial charge is 0.170 e. The Kier molecular flexibility index (Phi) is 5.06. The zero-order valence-corrected chi connectivity index (χ0v) is 11.8. The van der Waals surface area contributed by atoms with Crippen LogP contribution in [0.3, 0.4) is 0 Å². The van der Waals surface area contributed by atoms with Crippen molar-refractivity contribution in [2.24, 2.45) is 0 Å².